The first-order valence-corrected chi connectivity index (χ1v) is 9.18. The van der Waals surface area contributed by atoms with Crippen molar-refractivity contribution in [3.63, 3.8) is 0 Å². The van der Waals surface area contributed by atoms with E-state index in [0.717, 1.165) is 17.9 Å². The first kappa shape index (κ1) is 21.2. The molecule has 0 unspecified atom stereocenters. The van der Waals surface area contributed by atoms with Gasteiger partial charge in [-0.3, -0.25) is 4.90 Å². The SMILES string of the molecule is CCNCCN(C(=O)OC(C)(C)C)c1nc2ccc(OC(F)(F)F)cc2s1. The standard InChI is InChI=1S/C17H22F3N3O3S/c1-5-21-8-9-23(15(24)26-16(2,3)4)14-22-12-7-6-11(10-13(12)27-14)25-17(18,19)20/h6-7,10,21H,5,8-9H2,1-4H3. The summed E-state index contributed by atoms with van der Waals surface area (Å²) >= 11 is 1.10. The summed E-state index contributed by atoms with van der Waals surface area (Å²) < 4.78 is 47.0. The molecule has 0 radical (unpaired) electrons. The Morgan fingerprint density at radius 1 is 1.30 bits per heavy atom. The van der Waals surface area contributed by atoms with Crippen LogP contribution in [0, 0.1) is 0 Å². The Hall–Kier alpha value is -2.07. The molecule has 0 saturated carbocycles. The van der Waals surface area contributed by atoms with Gasteiger partial charge < -0.3 is 14.8 Å². The van der Waals surface area contributed by atoms with Crippen molar-refractivity contribution >= 4 is 32.8 Å². The number of amides is 1. The quantitative estimate of drug-likeness (QED) is 0.715. The molecule has 2 aromatic rings. The van der Waals surface area contributed by atoms with Crippen molar-refractivity contribution in [3.05, 3.63) is 18.2 Å². The maximum absolute atomic E-state index is 12.6. The normalized spacial score (nSPS) is 12.3. The molecule has 0 aliphatic rings. The van der Waals surface area contributed by atoms with Gasteiger partial charge in [-0.1, -0.05) is 18.3 Å². The van der Waals surface area contributed by atoms with Gasteiger partial charge >= 0.3 is 12.5 Å². The van der Waals surface area contributed by atoms with Crippen molar-refractivity contribution < 1.29 is 27.4 Å². The van der Waals surface area contributed by atoms with E-state index in [1.54, 1.807) is 20.8 Å². The monoisotopic (exact) mass is 405 g/mol. The van der Waals surface area contributed by atoms with Crippen LogP contribution in [-0.2, 0) is 4.74 Å². The number of aromatic nitrogens is 1. The summed E-state index contributed by atoms with van der Waals surface area (Å²) in [6.45, 7) is 8.78. The zero-order valence-electron chi connectivity index (χ0n) is 15.5. The molecule has 27 heavy (non-hydrogen) atoms. The Balaban J connectivity index is 2.30. The largest absolute Gasteiger partial charge is 0.573 e. The summed E-state index contributed by atoms with van der Waals surface area (Å²) in [6, 6.07) is 3.87. The van der Waals surface area contributed by atoms with Crippen molar-refractivity contribution in [1.82, 2.24) is 10.3 Å². The second-order valence-corrected chi connectivity index (χ2v) is 7.67. The van der Waals surface area contributed by atoms with Gasteiger partial charge in [0.1, 0.15) is 11.4 Å². The van der Waals surface area contributed by atoms with E-state index < -0.39 is 18.1 Å². The van der Waals surface area contributed by atoms with Crippen LogP contribution in [0.1, 0.15) is 27.7 Å². The summed E-state index contributed by atoms with van der Waals surface area (Å²) in [4.78, 5) is 18.3. The topological polar surface area (TPSA) is 63.7 Å². The minimum Gasteiger partial charge on any atom is -0.443 e. The van der Waals surface area contributed by atoms with Gasteiger partial charge in [-0.05, 0) is 39.4 Å². The highest BCUT2D eigenvalue weighted by atomic mass is 32.1. The molecule has 6 nitrogen and oxygen atoms in total. The second-order valence-electron chi connectivity index (χ2n) is 6.66. The highest BCUT2D eigenvalue weighted by Gasteiger charge is 2.31. The van der Waals surface area contributed by atoms with E-state index in [9.17, 15) is 18.0 Å². The third-order valence-corrected chi connectivity index (χ3v) is 4.23. The van der Waals surface area contributed by atoms with Crippen LogP contribution < -0.4 is 15.0 Å². The van der Waals surface area contributed by atoms with E-state index >= 15 is 0 Å². The minimum atomic E-state index is -4.77. The number of nitrogens with one attached hydrogen (secondary N) is 1. The number of carbonyl (C=O) groups is 1. The smallest absolute Gasteiger partial charge is 0.443 e. The number of halogens is 3. The fraction of sp³-hybridized carbons (Fsp3) is 0.529. The molecule has 0 atom stereocenters. The number of fused-ring (bicyclic) bond motifs is 1. The predicted octanol–water partition coefficient (Wildman–Crippen LogP) is 4.55. The molecular formula is C17H22F3N3O3S. The van der Waals surface area contributed by atoms with Crippen LogP contribution in [0.15, 0.2) is 18.2 Å². The molecular weight excluding hydrogens is 383 g/mol. The molecule has 1 N–H and O–H groups in total. The maximum atomic E-state index is 12.6. The lowest BCUT2D eigenvalue weighted by Crippen LogP contribution is -2.40. The number of rotatable bonds is 6. The van der Waals surface area contributed by atoms with E-state index in [1.165, 1.54) is 23.1 Å². The van der Waals surface area contributed by atoms with Crippen LogP contribution in [0.3, 0.4) is 0 Å². The lowest BCUT2D eigenvalue weighted by Gasteiger charge is -2.25. The third-order valence-electron chi connectivity index (χ3n) is 3.19. The Kier molecular flexibility index (Phi) is 6.53. The van der Waals surface area contributed by atoms with E-state index in [0.29, 0.717) is 28.4 Å². The predicted molar refractivity (Wildman–Crippen MR) is 98.4 cm³/mol. The average molecular weight is 405 g/mol. The molecule has 0 fully saturated rings. The van der Waals surface area contributed by atoms with Gasteiger partial charge in [0.15, 0.2) is 5.13 Å². The lowest BCUT2D eigenvalue weighted by atomic mass is 10.2. The Labute approximate surface area is 159 Å². The van der Waals surface area contributed by atoms with Crippen LogP contribution in [-0.4, -0.2) is 42.7 Å². The Bertz CT molecular complexity index is 787. The molecule has 150 valence electrons. The van der Waals surface area contributed by atoms with Gasteiger partial charge in [0.05, 0.1) is 10.2 Å². The third kappa shape index (κ3) is 6.55. The van der Waals surface area contributed by atoms with Crippen molar-refractivity contribution in [2.24, 2.45) is 0 Å². The minimum absolute atomic E-state index is 0.314. The number of ether oxygens (including phenoxy) is 2. The Morgan fingerprint density at radius 2 is 2.00 bits per heavy atom. The van der Waals surface area contributed by atoms with Crippen molar-refractivity contribution in [3.8, 4) is 5.75 Å². The average Bonchev–Trinajstić information content (AvgIpc) is 2.90. The molecule has 1 aromatic carbocycles. The molecule has 0 aliphatic carbocycles. The van der Waals surface area contributed by atoms with Crippen LogP contribution in [0.25, 0.3) is 10.2 Å². The Morgan fingerprint density at radius 3 is 2.59 bits per heavy atom. The van der Waals surface area contributed by atoms with Crippen LogP contribution in [0.5, 0.6) is 5.75 Å². The van der Waals surface area contributed by atoms with Gasteiger partial charge in [-0.25, -0.2) is 9.78 Å². The first-order chi connectivity index (χ1) is 12.5. The van der Waals surface area contributed by atoms with Gasteiger partial charge in [-0.2, -0.15) is 0 Å². The number of nitrogens with zero attached hydrogens (tertiary/aromatic N) is 2. The number of thiazole rings is 1. The fourth-order valence-corrected chi connectivity index (χ4v) is 3.17. The molecule has 1 heterocycles. The van der Waals surface area contributed by atoms with E-state index in [4.69, 9.17) is 4.74 Å². The van der Waals surface area contributed by atoms with E-state index in [2.05, 4.69) is 15.0 Å². The van der Waals surface area contributed by atoms with Crippen LogP contribution >= 0.6 is 11.3 Å². The van der Waals surface area contributed by atoms with Gasteiger partial charge in [-0.15, -0.1) is 13.2 Å². The fourth-order valence-electron chi connectivity index (χ4n) is 2.16. The zero-order chi connectivity index (χ0) is 20.2. The molecule has 0 aliphatic heterocycles. The molecule has 0 saturated heterocycles. The number of hydrogen-bond donors (Lipinski definition) is 1. The molecule has 1 aromatic heterocycles. The van der Waals surface area contributed by atoms with Crippen LogP contribution in [0.2, 0.25) is 0 Å². The first-order valence-electron chi connectivity index (χ1n) is 8.36. The molecule has 2 rings (SSSR count). The number of anilines is 1. The summed E-state index contributed by atoms with van der Waals surface area (Å²) in [5, 5.41) is 3.47. The number of carbonyl (C=O) groups excluding carboxylic acids is 1. The zero-order valence-corrected chi connectivity index (χ0v) is 16.3. The summed E-state index contributed by atoms with van der Waals surface area (Å²) in [7, 11) is 0. The highest BCUT2D eigenvalue weighted by Crippen LogP contribution is 2.33. The summed E-state index contributed by atoms with van der Waals surface area (Å²) in [5.74, 6) is -0.332. The molecule has 0 spiro atoms. The van der Waals surface area contributed by atoms with Crippen molar-refractivity contribution in [1.29, 1.82) is 0 Å². The lowest BCUT2D eigenvalue weighted by molar-refractivity contribution is -0.274. The van der Waals surface area contributed by atoms with E-state index in [1.807, 2.05) is 6.92 Å². The van der Waals surface area contributed by atoms with Gasteiger partial charge in [0.25, 0.3) is 0 Å². The van der Waals surface area contributed by atoms with Crippen molar-refractivity contribution in [2.75, 3.05) is 24.5 Å². The second kappa shape index (κ2) is 8.30. The summed E-state index contributed by atoms with van der Waals surface area (Å²) in [5.41, 5.74) is -0.209. The van der Waals surface area contributed by atoms with Gasteiger partial charge in [0, 0.05) is 19.2 Å². The maximum Gasteiger partial charge on any atom is 0.573 e. The van der Waals surface area contributed by atoms with Crippen molar-refractivity contribution in [2.45, 2.75) is 39.7 Å². The number of likely N-dealkylation sites (N-methyl/N-ethyl adjacent to an activating group) is 1. The molecule has 1 amide bonds. The molecule has 0 bridgehead atoms. The van der Waals surface area contributed by atoms with Gasteiger partial charge in [0.2, 0.25) is 0 Å². The molecule has 10 heteroatoms. The number of hydrogen-bond acceptors (Lipinski definition) is 6. The summed E-state index contributed by atoms with van der Waals surface area (Å²) in [6.07, 6.45) is -5.33. The number of alkyl halides is 3. The van der Waals surface area contributed by atoms with E-state index in [-0.39, 0.29) is 5.75 Å². The number of benzene rings is 1. The van der Waals surface area contributed by atoms with Crippen LogP contribution in [0.4, 0.5) is 23.1 Å². The highest BCUT2D eigenvalue weighted by molar-refractivity contribution is 7.22.